The van der Waals surface area contributed by atoms with Gasteiger partial charge in [0.05, 0.1) is 24.9 Å². The van der Waals surface area contributed by atoms with Crippen molar-refractivity contribution >= 4 is 5.97 Å². The maximum atomic E-state index is 14.5. The Kier molecular flexibility index (Phi) is 3.51. The molecule has 0 aromatic carbocycles. The number of rotatable bonds is 1. The third kappa shape index (κ3) is 2.06. The Balaban J connectivity index is 2.17. The lowest BCUT2D eigenvalue weighted by molar-refractivity contribution is -0.902. The van der Waals surface area contributed by atoms with E-state index in [1.807, 2.05) is 19.0 Å². The van der Waals surface area contributed by atoms with Crippen LogP contribution in [0.1, 0.15) is 20.3 Å². The summed E-state index contributed by atoms with van der Waals surface area (Å²) in [5.74, 6) is -0.485. The average molecular weight is 308 g/mol. The molecule has 120 valence electrons. The lowest BCUT2D eigenvalue weighted by Gasteiger charge is -2.51. The summed E-state index contributed by atoms with van der Waals surface area (Å²) < 4.78 is 28.8. The summed E-state index contributed by atoms with van der Waals surface area (Å²) in [5.41, 5.74) is 2.55. The van der Waals surface area contributed by atoms with Gasteiger partial charge in [0.25, 0.3) is 0 Å². The van der Waals surface area contributed by atoms with Crippen molar-refractivity contribution in [3.63, 3.8) is 0 Å². The predicted molar refractivity (Wildman–Crippen MR) is 84.6 cm³/mol. The quantitative estimate of drug-likeness (QED) is 0.536. The SMILES string of the molecule is CC1C2=C(C(F)=NC(F)C2)C2C=C(N(C)C)C=C[N+]2(C)C1C. The molecule has 3 aliphatic heterocycles. The summed E-state index contributed by atoms with van der Waals surface area (Å²) in [5, 5.41) is 0. The highest BCUT2D eigenvalue weighted by Gasteiger charge is 2.51. The summed E-state index contributed by atoms with van der Waals surface area (Å²) >= 11 is 0. The van der Waals surface area contributed by atoms with Crippen LogP contribution in [0.4, 0.5) is 8.78 Å². The average Bonchev–Trinajstić information content (AvgIpc) is 2.44. The van der Waals surface area contributed by atoms with E-state index in [9.17, 15) is 8.78 Å². The van der Waals surface area contributed by atoms with Gasteiger partial charge in [-0.15, -0.1) is 0 Å². The van der Waals surface area contributed by atoms with Gasteiger partial charge in [0.1, 0.15) is 6.04 Å². The molecule has 0 saturated carbocycles. The summed E-state index contributed by atoms with van der Waals surface area (Å²) in [7, 11) is 6.06. The Hall–Kier alpha value is -1.49. The van der Waals surface area contributed by atoms with Crippen LogP contribution in [0.5, 0.6) is 0 Å². The zero-order valence-electron chi connectivity index (χ0n) is 13.8. The lowest BCUT2D eigenvalue weighted by Crippen LogP contribution is -2.61. The number of nitrogens with zero attached hydrogens (tertiary/aromatic N) is 3. The molecule has 5 heteroatoms. The van der Waals surface area contributed by atoms with Crippen LogP contribution < -0.4 is 0 Å². The zero-order valence-corrected chi connectivity index (χ0v) is 13.8. The molecule has 3 rings (SSSR count). The van der Waals surface area contributed by atoms with Crippen LogP contribution in [-0.4, -0.2) is 54.9 Å². The molecule has 22 heavy (non-hydrogen) atoms. The number of likely N-dealkylation sites (N-methyl/N-ethyl adjacent to an activating group) is 2. The highest BCUT2D eigenvalue weighted by Crippen LogP contribution is 2.45. The van der Waals surface area contributed by atoms with Crippen LogP contribution in [0.2, 0.25) is 0 Å². The van der Waals surface area contributed by atoms with Crippen molar-refractivity contribution in [1.82, 2.24) is 4.90 Å². The fraction of sp³-hybridized carbons (Fsp3) is 0.588. The van der Waals surface area contributed by atoms with Gasteiger partial charge in [-0.25, -0.2) is 9.38 Å². The third-order valence-electron chi connectivity index (χ3n) is 5.67. The van der Waals surface area contributed by atoms with Crippen molar-refractivity contribution in [1.29, 1.82) is 0 Å². The van der Waals surface area contributed by atoms with Crippen LogP contribution in [0, 0.1) is 5.92 Å². The minimum absolute atomic E-state index is 0.134. The minimum Gasteiger partial charge on any atom is -0.378 e. The van der Waals surface area contributed by atoms with Gasteiger partial charge in [0.2, 0.25) is 5.97 Å². The van der Waals surface area contributed by atoms with Crippen molar-refractivity contribution < 1.29 is 13.3 Å². The van der Waals surface area contributed by atoms with Crippen molar-refractivity contribution in [3.05, 3.63) is 35.2 Å². The number of allylic oxidation sites excluding steroid dienone is 1. The normalized spacial score (nSPS) is 40.7. The fourth-order valence-electron chi connectivity index (χ4n) is 3.93. The minimum atomic E-state index is -1.44. The van der Waals surface area contributed by atoms with Crippen LogP contribution in [0.25, 0.3) is 0 Å². The number of alkyl halides is 1. The third-order valence-corrected chi connectivity index (χ3v) is 5.67. The topological polar surface area (TPSA) is 15.6 Å². The van der Waals surface area contributed by atoms with Gasteiger partial charge in [-0.2, -0.15) is 4.39 Å². The Bertz CT molecular complexity index is 617. The number of aliphatic imine (C=N–C) groups is 1. The second-order valence-corrected chi connectivity index (χ2v) is 7.00. The zero-order chi connectivity index (χ0) is 16.2. The van der Waals surface area contributed by atoms with E-state index in [-0.39, 0.29) is 24.4 Å². The molecular formula is C17H24F2N3+. The van der Waals surface area contributed by atoms with Crippen molar-refractivity contribution in [3.8, 4) is 0 Å². The number of hydrogen-bond donors (Lipinski definition) is 0. The van der Waals surface area contributed by atoms with E-state index in [1.165, 1.54) is 0 Å². The van der Waals surface area contributed by atoms with E-state index in [4.69, 9.17) is 0 Å². The Morgan fingerprint density at radius 3 is 2.64 bits per heavy atom. The molecule has 0 aromatic heterocycles. The molecule has 3 heterocycles. The molecule has 0 radical (unpaired) electrons. The van der Waals surface area contributed by atoms with Gasteiger partial charge in [-0.05, 0) is 12.5 Å². The fourth-order valence-corrected chi connectivity index (χ4v) is 3.93. The number of quaternary nitrogens is 1. The van der Waals surface area contributed by atoms with Crippen LogP contribution in [-0.2, 0) is 0 Å². The molecule has 0 saturated heterocycles. The molecule has 0 N–H and O–H groups in total. The first-order valence-corrected chi connectivity index (χ1v) is 7.80. The van der Waals surface area contributed by atoms with Crippen LogP contribution in [0.3, 0.4) is 0 Å². The highest BCUT2D eigenvalue weighted by atomic mass is 19.1. The smallest absolute Gasteiger partial charge is 0.220 e. The molecule has 0 aliphatic carbocycles. The summed E-state index contributed by atoms with van der Waals surface area (Å²) in [6, 6.07) is 0.123. The van der Waals surface area contributed by atoms with Crippen LogP contribution in [0.15, 0.2) is 40.2 Å². The van der Waals surface area contributed by atoms with Crippen molar-refractivity contribution in [2.24, 2.45) is 10.9 Å². The highest BCUT2D eigenvalue weighted by molar-refractivity contribution is 5.96. The first-order valence-electron chi connectivity index (χ1n) is 7.80. The molecular weight excluding hydrogens is 284 g/mol. The molecule has 0 aromatic rings. The van der Waals surface area contributed by atoms with Gasteiger partial charge in [-0.3, -0.25) is 4.48 Å². The molecule has 0 fully saturated rings. The van der Waals surface area contributed by atoms with E-state index in [0.29, 0.717) is 10.1 Å². The number of halogens is 2. The maximum absolute atomic E-state index is 14.5. The number of hydrogen-bond acceptors (Lipinski definition) is 2. The summed E-state index contributed by atoms with van der Waals surface area (Å²) in [4.78, 5) is 5.58. The number of fused-ring (bicyclic) bond motifs is 2. The van der Waals surface area contributed by atoms with Gasteiger partial charge >= 0.3 is 0 Å². The van der Waals surface area contributed by atoms with Gasteiger partial charge in [0.15, 0.2) is 6.30 Å². The lowest BCUT2D eigenvalue weighted by atomic mass is 9.76. The van der Waals surface area contributed by atoms with E-state index in [0.717, 1.165) is 11.3 Å². The Morgan fingerprint density at radius 2 is 2.00 bits per heavy atom. The molecule has 0 amide bonds. The molecule has 5 atom stereocenters. The van der Waals surface area contributed by atoms with Crippen LogP contribution >= 0.6 is 0 Å². The van der Waals surface area contributed by atoms with Gasteiger partial charge < -0.3 is 4.90 Å². The molecule has 3 nitrogen and oxygen atoms in total. The molecule has 0 spiro atoms. The van der Waals surface area contributed by atoms with E-state index in [2.05, 4.69) is 44.2 Å². The molecule has 0 bridgehead atoms. The predicted octanol–water partition coefficient (Wildman–Crippen LogP) is 3.18. The standard InChI is InChI=1S/C17H24F2N3/c1-10-11(2)22(5)7-6-12(21(3)4)8-14(22)16-13(10)9-15(18)20-17(16)19/h6-8,10-11,14-15H,9H2,1-5H3/q+1. The molecule has 3 aliphatic rings. The van der Waals surface area contributed by atoms with E-state index >= 15 is 0 Å². The Morgan fingerprint density at radius 1 is 1.32 bits per heavy atom. The van der Waals surface area contributed by atoms with Gasteiger partial charge in [-0.1, -0.05) is 6.92 Å². The second-order valence-electron chi connectivity index (χ2n) is 7.00. The molecule has 5 unspecified atom stereocenters. The first kappa shape index (κ1) is 15.4. The monoisotopic (exact) mass is 308 g/mol. The van der Waals surface area contributed by atoms with E-state index < -0.39 is 12.3 Å². The first-order chi connectivity index (χ1) is 10.3. The van der Waals surface area contributed by atoms with Crippen molar-refractivity contribution in [2.45, 2.75) is 38.6 Å². The largest absolute Gasteiger partial charge is 0.378 e. The van der Waals surface area contributed by atoms with Gasteiger partial charge in [0, 0.05) is 44.3 Å². The van der Waals surface area contributed by atoms with E-state index in [1.54, 1.807) is 0 Å². The summed E-state index contributed by atoms with van der Waals surface area (Å²) in [6.07, 6.45) is 5.09. The Labute approximate surface area is 130 Å². The maximum Gasteiger partial charge on any atom is 0.220 e. The number of dihydropyridines is 1. The van der Waals surface area contributed by atoms with Crippen molar-refractivity contribution in [2.75, 3.05) is 21.1 Å². The summed E-state index contributed by atoms with van der Waals surface area (Å²) in [6.45, 7) is 4.24. The second kappa shape index (κ2) is 5.01.